The predicted octanol–water partition coefficient (Wildman–Crippen LogP) is 1.48. The molecule has 0 fully saturated rings. The van der Waals surface area contributed by atoms with Crippen molar-refractivity contribution in [3.8, 4) is 11.8 Å². The van der Waals surface area contributed by atoms with Crippen LogP contribution < -0.4 is 20.5 Å². The molecule has 2 rings (SSSR count). The summed E-state index contributed by atoms with van der Waals surface area (Å²) in [5.74, 6) is 1.33. The average Bonchev–Trinajstić information content (AvgIpc) is 2.54. The van der Waals surface area contributed by atoms with Gasteiger partial charge in [0.2, 0.25) is 17.7 Å². The Bertz CT molecular complexity index is 541. The van der Waals surface area contributed by atoms with Crippen LogP contribution in [0.1, 0.15) is 5.56 Å². The number of nitrogens with one attached hydrogen (secondary N) is 1. The molecule has 0 radical (unpaired) electrons. The largest absolute Gasteiger partial charge is 0.481 e. The Morgan fingerprint density at radius 3 is 2.24 bits per heavy atom. The zero-order valence-corrected chi connectivity index (χ0v) is 12.2. The van der Waals surface area contributed by atoms with Crippen LogP contribution >= 0.6 is 0 Å². The van der Waals surface area contributed by atoms with E-state index in [4.69, 9.17) is 15.2 Å². The van der Waals surface area contributed by atoms with E-state index in [9.17, 15) is 0 Å². The maximum absolute atomic E-state index is 5.83. The van der Waals surface area contributed by atoms with E-state index >= 15 is 0 Å². The van der Waals surface area contributed by atoms with E-state index in [1.807, 2.05) is 18.2 Å². The molecule has 6 heteroatoms. The highest BCUT2D eigenvalue weighted by atomic mass is 16.5. The molecule has 0 bridgehead atoms. The van der Waals surface area contributed by atoms with Crippen molar-refractivity contribution in [2.75, 3.05) is 26.1 Å². The van der Waals surface area contributed by atoms with Gasteiger partial charge in [-0.1, -0.05) is 30.3 Å². The summed E-state index contributed by atoms with van der Waals surface area (Å²) in [6, 6.07) is 11.8. The van der Waals surface area contributed by atoms with Crippen molar-refractivity contribution in [3.05, 3.63) is 42.0 Å². The van der Waals surface area contributed by atoms with Gasteiger partial charge in [0.05, 0.1) is 20.3 Å². The van der Waals surface area contributed by atoms with Gasteiger partial charge >= 0.3 is 0 Å². The highest BCUT2D eigenvalue weighted by Crippen LogP contribution is 2.18. The van der Waals surface area contributed by atoms with Gasteiger partial charge in [-0.2, -0.15) is 9.97 Å². The van der Waals surface area contributed by atoms with Crippen LogP contribution in [0.25, 0.3) is 0 Å². The first-order chi connectivity index (χ1) is 10.2. The van der Waals surface area contributed by atoms with Crippen molar-refractivity contribution in [1.82, 2.24) is 9.97 Å². The van der Waals surface area contributed by atoms with Crippen LogP contribution in [0.2, 0.25) is 0 Å². The minimum atomic E-state index is 0.0317. The van der Waals surface area contributed by atoms with Gasteiger partial charge in [-0.05, 0) is 12.0 Å². The van der Waals surface area contributed by atoms with Gasteiger partial charge < -0.3 is 20.5 Å². The Hall–Kier alpha value is -2.34. The van der Waals surface area contributed by atoms with Crippen molar-refractivity contribution in [1.29, 1.82) is 0 Å². The monoisotopic (exact) mass is 288 g/mol. The minimum absolute atomic E-state index is 0.0317. The van der Waals surface area contributed by atoms with Crippen LogP contribution in [0.3, 0.4) is 0 Å². The first kappa shape index (κ1) is 15.1. The summed E-state index contributed by atoms with van der Waals surface area (Å²) in [6.45, 7) is 0.470. The third-order valence-electron chi connectivity index (χ3n) is 3.04. The molecule has 112 valence electrons. The number of hydrogen-bond acceptors (Lipinski definition) is 6. The lowest BCUT2D eigenvalue weighted by atomic mass is 10.1. The average molecular weight is 288 g/mol. The predicted molar refractivity (Wildman–Crippen MR) is 81.7 cm³/mol. The number of nitrogens with two attached hydrogens (primary N) is 1. The molecule has 0 spiro atoms. The SMILES string of the molecule is COc1cc(OC)nc(NC(CN)Cc2ccccc2)n1. The quantitative estimate of drug-likeness (QED) is 0.803. The van der Waals surface area contributed by atoms with Gasteiger partial charge in [0, 0.05) is 12.6 Å². The summed E-state index contributed by atoms with van der Waals surface area (Å²) in [6.07, 6.45) is 0.792. The maximum Gasteiger partial charge on any atom is 0.229 e. The molecular weight excluding hydrogens is 268 g/mol. The van der Waals surface area contributed by atoms with E-state index in [0.29, 0.717) is 24.3 Å². The molecule has 3 N–H and O–H groups in total. The zero-order chi connectivity index (χ0) is 15.1. The molecule has 0 aliphatic carbocycles. The molecule has 1 aromatic heterocycles. The van der Waals surface area contributed by atoms with Gasteiger partial charge in [0.25, 0.3) is 0 Å². The molecule has 21 heavy (non-hydrogen) atoms. The summed E-state index contributed by atoms with van der Waals surface area (Å²) in [5.41, 5.74) is 7.03. The summed E-state index contributed by atoms with van der Waals surface area (Å²) in [7, 11) is 3.10. The van der Waals surface area contributed by atoms with E-state index in [1.54, 1.807) is 20.3 Å². The molecule has 2 aromatic rings. The number of methoxy groups -OCH3 is 2. The maximum atomic E-state index is 5.83. The first-order valence-corrected chi connectivity index (χ1v) is 6.72. The van der Waals surface area contributed by atoms with E-state index in [1.165, 1.54) is 5.56 Å². The van der Waals surface area contributed by atoms with Crippen molar-refractivity contribution in [2.24, 2.45) is 5.73 Å². The topological polar surface area (TPSA) is 82.3 Å². The van der Waals surface area contributed by atoms with E-state index in [-0.39, 0.29) is 6.04 Å². The molecule has 0 saturated heterocycles. The second-order valence-corrected chi connectivity index (χ2v) is 4.54. The molecular formula is C15H20N4O2. The van der Waals surface area contributed by atoms with Crippen LogP contribution in [0.15, 0.2) is 36.4 Å². The molecule has 0 aliphatic rings. The number of aromatic nitrogens is 2. The van der Waals surface area contributed by atoms with Crippen LogP contribution in [0, 0.1) is 0 Å². The molecule has 0 aliphatic heterocycles. The lowest BCUT2D eigenvalue weighted by molar-refractivity contribution is 0.372. The number of anilines is 1. The summed E-state index contributed by atoms with van der Waals surface area (Å²) >= 11 is 0. The Balaban J connectivity index is 2.11. The van der Waals surface area contributed by atoms with Gasteiger partial charge in [0.15, 0.2) is 0 Å². The molecule has 6 nitrogen and oxygen atoms in total. The highest BCUT2D eigenvalue weighted by molar-refractivity contribution is 5.35. The van der Waals surface area contributed by atoms with Gasteiger partial charge in [-0.25, -0.2) is 0 Å². The molecule has 1 heterocycles. The fraction of sp³-hybridized carbons (Fsp3) is 0.333. The fourth-order valence-corrected chi connectivity index (χ4v) is 1.95. The Labute approximate surface area is 124 Å². The van der Waals surface area contributed by atoms with Crippen molar-refractivity contribution in [3.63, 3.8) is 0 Å². The first-order valence-electron chi connectivity index (χ1n) is 6.72. The van der Waals surface area contributed by atoms with E-state index in [0.717, 1.165) is 6.42 Å². The summed E-state index contributed by atoms with van der Waals surface area (Å²) in [5, 5.41) is 3.22. The second kappa shape index (κ2) is 7.44. The minimum Gasteiger partial charge on any atom is -0.481 e. The lowest BCUT2D eigenvalue weighted by Crippen LogP contribution is -2.31. The molecule has 1 unspecified atom stereocenters. The standard InChI is InChI=1S/C15H20N4O2/c1-20-13-9-14(21-2)19-15(18-13)17-12(10-16)8-11-6-4-3-5-7-11/h3-7,9,12H,8,10,16H2,1-2H3,(H,17,18,19). The summed E-state index contributed by atoms with van der Waals surface area (Å²) in [4.78, 5) is 8.50. The smallest absolute Gasteiger partial charge is 0.229 e. The van der Waals surface area contributed by atoms with E-state index in [2.05, 4.69) is 27.4 Å². The summed E-state index contributed by atoms with van der Waals surface area (Å²) < 4.78 is 10.3. The number of nitrogens with zero attached hydrogens (tertiary/aromatic N) is 2. The van der Waals surface area contributed by atoms with E-state index < -0.39 is 0 Å². The number of rotatable bonds is 7. The second-order valence-electron chi connectivity index (χ2n) is 4.54. The van der Waals surface area contributed by atoms with Crippen LogP contribution in [0.4, 0.5) is 5.95 Å². The van der Waals surface area contributed by atoms with Crippen LogP contribution in [-0.4, -0.2) is 36.8 Å². The Kier molecular flexibility index (Phi) is 5.34. The number of hydrogen-bond donors (Lipinski definition) is 2. The Morgan fingerprint density at radius 1 is 1.10 bits per heavy atom. The zero-order valence-electron chi connectivity index (χ0n) is 12.2. The van der Waals surface area contributed by atoms with Crippen LogP contribution in [-0.2, 0) is 6.42 Å². The van der Waals surface area contributed by atoms with Gasteiger partial charge in [-0.15, -0.1) is 0 Å². The highest BCUT2D eigenvalue weighted by Gasteiger charge is 2.11. The molecule has 1 atom stereocenters. The lowest BCUT2D eigenvalue weighted by Gasteiger charge is -2.17. The number of ether oxygens (including phenoxy) is 2. The Morgan fingerprint density at radius 2 is 1.71 bits per heavy atom. The molecule has 0 saturated carbocycles. The normalized spacial score (nSPS) is 11.8. The van der Waals surface area contributed by atoms with Crippen molar-refractivity contribution < 1.29 is 9.47 Å². The van der Waals surface area contributed by atoms with Gasteiger partial charge in [0.1, 0.15) is 0 Å². The molecule has 1 aromatic carbocycles. The number of benzene rings is 1. The van der Waals surface area contributed by atoms with Gasteiger partial charge in [-0.3, -0.25) is 0 Å². The van der Waals surface area contributed by atoms with Crippen molar-refractivity contribution >= 4 is 5.95 Å². The van der Waals surface area contributed by atoms with Crippen molar-refractivity contribution in [2.45, 2.75) is 12.5 Å². The fourth-order valence-electron chi connectivity index (χ4n) is 1.95. The third-order valence-corrected chi connectivity index (χ3v) is 3.04. The molecule has 0 amide bonds. The third kappa shape index (κ3) is 4.32. The van der Waals surface area contributed by atoms with Crippen LogP contribution in [0.5, 0.6) is 11.8 Å².